The highest BCUT2D eigenvalue weighted by Gasteiger charge is 2.19. The van der Waals surface area contributed by atoms with Crippen LogP contribution >= 0.6 is 0 Å². The van der Waals surface area contributed by atoms with Crippen LogP contribution in [0.2, 0.25) is 0 Å². The Bertz CT molecular complexity index is 764. The SMILES string of the molecule is COc1cc(NC(=O)c2cccc3c2CCCN3)cc(OC)c1OC. The van der Waals surface area contributed by atoms with Crippen molar-refractivity contribution < 1.29 is 19.0 Å². The predicted octanol–water partition coefficient (Wildman–Crippen LogP) is 3.32. The van der Waals surface area contributed by atoms with Crippen molar-refractivity contribution in [3.63, 3.8) is 0 Å². The summed E-state index contributed by atoms with van der Waals surface area (Å²) in [6.45, 7) is 0.935. The van der Waals surface area contributed by atoms with Crippen LogP contribution in [0.25, 0.3) is 0 Å². The molecular formula is C19H22N2O4. The van der Waals surface area contributed by atoms with E-state index in [1.54, 1.807) is 33.5 Å². The third kappa shape index (κ3) is 3.33. The molecule has 1 aliphatic heterocycles. The average Bonchev–Trinajstić information content (AvgIpc) is 2.66. The van der Waals surface area contributed by atoms with E-state index in [-0.39, 0.29) is 5.91 Å². The first-order chi connectivity index (χ1) is 12.2. The minimum Gasteiger partial charge on any atom is -0.493 e. The second kappa shape index (κ2) is 7.34. The summed E-state index contributed by atoms with van der Waals surface area (Å²) in [5, 5.41) is 6.26. The van der Waals surface area contributed by atoms with Crippen LogP contribution in [0.3, 0.4) is 0 Å². The number of fused-ring (bicyclic) bond motifs is 1. The summed E-state index contributed by atoms with van der Waals surface area (Å²) in [6, 6.07) is 9.17. The highest BCUT2D eigenvalue weighted by molar-refractivity contribution is 6.06. The van der Waals surface area contributed by atoms with E-state index in [9.17, 15) is 4.79 Å². The minimum atomic E-state index is -0.158. The molecule has 25 heavy (non-hydrogen) atoms. The van der Waals surface area contributed by atoms with Crippen molar-refractivity contribution in [2.75, 3.05) is 38.5 Å². The van der Waals surface area contributed by atoms with Crippen molar-refractivity contribution in [3.05, 3.63) is 41.5 Å². The van der Waals surface area contributed by atoms with Crippen LogP contribution in [0.15, 0.2) is 30.3 Å². The molecule has 0 atom stereocenters. The fraction of sp³-hybridized carbons (Fsp3) is 0.316. The summed E-state index contributed by atoms with van der Waals surface area (Å²) in [6.07, 6.45) is 1.91. The number of hydrogen-bond acceptors (Lipinski definition) is 5. The second-order valence-corrected chi connectivity index (χ2v) is 5.73. The molecule has 1 amide bonds. The molecule has 0 saturated carbocycles. The second-order valence-electron chi connectivity index (χ2n) is 5.73. The van der Waals surface area contributed by atoms with Gasteiger partial charge >= 0.3 is 0 Å². The number of benzene rings is 2. The molecule has 132 valence electrons. The summed E-state index contributed by atoms with van der Waals surface area (Å²) in [7, 11) is 4.63. The Balaban J connectivity index is 1.91. The van der Waals surface area contributed by atoms with Gasteiger partial charge in [0.2, 0.25) is 5.75 Å². The van der Waals surface area contributed by atoms with Crippen molar-refractivity contribution in [1.82, 2.24) is 0 Å². The molecule has 0 unspecified atom stereocenters. The Kier molecular flexibility index (Phi) is 4.97. The molecule has 2 aromatic carbocycles. The van der Waals surface area contributed by atoms with Crippen LogP contribution in [0.5, 0.6) is 17.2 Å². The standard InChI is InChI=1S/C19H22N2O4/c1-23-16-10-12(11-17(24-2)18(16)25-3)21-19(22)14-6-4-8-15-13(14)7-5-9-20-15/h4,6,8,10-11,20H,5,7,9H2,1-3H3,(H,21,22). The fourth-order valence-corrected chi connectivity index (χ4v) is 3.07. The van der Waals surface area contributed by atoms with Gasteiger partial charge in [0.1, 0.15) is 0 Å². The van der Waals surface area contributed by atoms with E-state index in [1.165, 1.54) is 0 Å². The topological polar surface area (TPSA) is 68.8 Å². The highest BCUT2D eigenvalue weighted by atomic mass is 16.5. The highest BCUT2D eigenvalue weighted by Crippen LogP contribution is 2.40. The van der Waals surface area contributed by atoms with E-state index in [0.29, 0.717) is 28.5 Å². The number of hydrogen-bond donors (Lipinski definition) is 2. The molecule has 0 aliphatic carbocycles. The van der Waals surface area contributed by atoms with Crippen molar-refractivity contribution in [2.24, 2.45) is 0 Å². The molecule has 0 radical (unpaired) electrons. The molecule has 0 spiro atoms. The van der Waals surface area contributed by atoms with Gasteiger partial charge in [0.15, 0.2) is 11.5 Å². The first-order valence-corrected chi connectivity index (χ1v) is 8.15. The molecule has 0 fully saturated rings. The number of amides is 1. The Hall–Kier alpha value is -2.89. The number of carbonyl (C=O) groups excluding carboxylic acids is 1. The van der Waals surface area contributed by atoms with E-state index < -0.39 is 0 Å². The van der Waals surface area contributed by atoms with Gasteiger partial charge in [-0.1, -0.05) is 6.07 Å². The van der Waals surface area contributed by atoms with Gasteiger partial charge in [-0.3, -0.25) is 4.79 Å². The van der Waals surface area contributed by atoms with Gasteiger partial charge in [0.25, 0.3) is 5.91 Å². The van der Waals surface area contributed by atoms with Crippen LogP contribution < -0.4 is 24.8 Å². The normalized spacial score (nSPS) is 12.6. The Labute approximate surface area is 147 Å². The van der Waals surface area contributed by atoms with E-state index in [1.807, 2.05) is 18.2 Å². The first kappa shape index (κ1) is 17.0. The van der Waals surface area contributed by atoms with Crippen LogP contribution in [0, 0.1) is 0 Å². The summed E-state index contributed by atoms with van der Waals surface area (Å²) >= 11 is 0. The molecular weight excluding hydrogens is 320 g/mol. The molecule has 2 N–H and O–H groups in total. The van der Waals surface area contributed by atoms with Crippen LogP contribution in [-0.4, -0.2) is 33.8 Å². The van der Waals surface area contributed by atoms with Gasteiger partial charge in [0, 0.05) is 35.6 Å². The van der Waals surface area contributed by atoms with Crippen LogP contribution in [0.4, 0.5) is 11.4 Å². The zero-order valence-corrected chi connectivity index (χ0v) is 14.6. The van der Waals surface area contributed by atoms with E-state index in [0.717, 1.165) is 30.6 Å². The zero-order chi connectivity index (χ0) is 17.8. The number of ether oxygens (including phenoxy) is 3. The first-order valence-electron chi connectivity index (χ1n) is 8.15. The number of rotatable bonds is 5. The molecule has 1 heterocycles. The molecule has 0 bridgehead atoms. The molecule has 3 rings (SSSR count). The number of carbonyl (C=O) groups is 1. The summed E-state index contributed by atoms with van der Waals surface area (Å²) in [5.41, 5.74) is 3.35. The third-order valence-electron chi connectivity index (χ3n) is 4.26. The number of anilines is 2. The lowest BCUT2D eigenvalue weighted by molar-refractivity contribution is 0.102. The largest absolute Gasteiger partial charge is 0.493 e. The van der Waals surface area contributed by atoms with Gasteiger partial charge in [-0.25, -0.2) is 0 Å². The maximum atomic E-state index is 12.8. The fourth-order valence-electron chi connectivity index (χ4n) is 3.07. The molecule has 0 saturated heterocycles. The van der Waals surface area contributed by atoms with Crippen molar-refractivity contribution >= 4 is 17.3 Å². The van der Waals surface area contributed by atoms with E-state index in [4.69, 9.17) is 14.2 Å². The summed E-state index contributed by atoms with van der Waals surface area (Å²) in [5.74, 6) is 1.32. The van der Waals surface area contributed by atoms with Gasteiger partial charge in [-0.2, -0.15) is 0 Å². The van der Waals surface area contributed by atoms with E-state index in [2.05, 4.69) is 10.6 Å². The lowest BCUT2D eigenvalue weighted by atomic mass is 9.97. The Morgan fingerprint density at radius 3 is 2.44 bits per heavy atom. The Morgan fingerprint density at radius 2 is 1.80 bits per heavy atom. The molecule has 0 aromatic heterocycles. The zero-order valence-electron chi connectivity index (χ0n) is 14.6. The molecule has 1 aliphatic rings. The van der Waals surface area contributed by atoms with Crippen molar-refractivity contribution in [3.8, 4) is 17.2 Å². The van der Waals surface area contributed by atoms with Crippen molar-refractivity contribution in [1.29, 1.82) is 0 Å². The summed E-state index contributed by atoms with van der Waals surface area (Å²) in [4.78, 5) is 12.8. The van der Waals surface area contributed by atoms with Crippen LogP contribution in [0.1, 0.15) is 22.3 Å². The van der Waals surface area contributed by atoms with E-state index >= 15 is 0 Å². The predicted molar refractivity (Wildman–Crippen MR) is 97.3 cm³/mol. The monoisotopic (exact) mass is 342 g/mol. The van der Waals surface area contributed by atoms with Crippen LogP contribution in [-0.2, 0) is 6.42 Å². The Morgan fingerprint density at radius 1 is 1.08 bits per heavy atom. The van der Waals surface area contributed by atoms with Gasteiger partial charge < -0.3 is 24.8 Å². The van der Waals surface area contributed by atoms with Crippen molar-refractivity contribution in [2.45, 2.75) is 12.8 Å². The number of methoxy groups -OCH3 is 3. The average molecular weight is 342 g/mol. The maximum Gasteiger partial charge on any atom is 0.256 e. The smallest absolute Gasteiger partial charge is 0.256 e. The van der Waals surface area contributed by atoms with Gasteiger partial charge in [-0.15, -0.1) is 0 Å². The molecule has 6 nitrogen and oxygen atoms in total. The third-order valence-corrected chi connectivity index (χ3v) is 4.26. The summed E-state index contributed by atoms with van der Waals surface area (Å²) < 4.78 is 16.0. The van der Waals surface area contributed by atoms with Gasteiger partial charge in [-0.05, 0) is 30.5 Å². The number of nitrogens with one attached hydrogen (secondary N) is 2. The maximum absolute atomic E-state index is 12.8. The molecule has 2 aromatic rings. The quantitative estimate of drug-likeness (QED) is 0.872. The molecule has 6 heteroatoms. The minimum absolute atomic E-state index is 0.158. The lowest BCUT2D eigenvalue weighted by Gasteiger charge is -2.21. The lowest BCUT2D eigenvalue weighted by Crippen LogP contribution is -2.19. The van der Waals surface area contributed by atoms with Gasteiger partial charge in [0.05, 0.1) is 21.3 Å².